The summed E-state index contributed by atoms with van der Waals surface area (Å²) in [5.41, 5.74) is 0. The van der Waals surface area contributed by atoms with Crippen LogP contribution in [0.2, 0.25) is 13.1 Å². The third kappa shape index (κ3) is 13.6. The molecule has 0 bridgehead atoms. The topological polar surface area (TPSA) is 0 Å². The SMILES string of the molecule is C1=C\CC/C=C\CC/1.C[Si](C)(C[P@@](c1ccccc1)c1cccc2ccccc12)C[P@@](c1ccccc1)c1cccc2ccccc12.F[B-](F)(F)F.[Rh]. The molecule has 0 fully saturated rings. The molecule has 1 aliphatic carbocycles. The molecule has 0 saturated carbocycles. The zero-order chi connectivity index (χ0) is 36.8. The molecular formula is C44H46BF4P2RhSi-. The third-order valence-electron chi connectivity index (χ3n) is 8.76. The first-order chi connectivity index (χ1) is 25.1. The molecule has 6 aromatic carbocycles. The van der Waals surface area contributed by atoms with Crippen molar-refractivity contribution in [1.29, 1.82) is 0 Å². The maximum atomic E-state index is 9.75. The van der Waals surface area contributed by atoms with Gasteiger partial charge in [-0.15, -0.1) is 0 Å². The summed E-state index contributed by atoms with van der Waals surface area (Å²) in [5, 5.41) is 11.6. The molecule has 0 heterocycles. The summed E-state index contributed by atoms with van der Waals surface area (Å²) in [6.45, 7) is 5.28. The van der Waals surface area contributed by atoms with Crippen molar-refractivity contribution in [2.45, 2.75) is 38.8 Å². The minimum Gasteiger partial charge on any atom is -0.418 e. The van der Waals surface area contributed by atoms with Crippen molar-refractivity contribution in [2.75, 3.05) is 11.6 Å². The molecular weight excluding hydrogens is 808 g/mol. The zero-order valence-electron chi connectivity index (χ0n) is 30.2. The second-order valence-electron chi connectivity index (χ2n) is 13.6. The smallest absolute Gasteiger partial charge is 0.418 e. The summed E-state index contributed by atoms with van der Waals surface area (Å²) >= 11 is 0. The Kier molecular flexibility index (Phi) is 16.9. The minimum atomic E-state index is -6.00. The van der Waals surface area contributed by atoms with Crippen molar-refractivity contribution >= 4 is 73.9 Å². The molecule has 0 aromatic heterocycles. The van der Waals surface area contributed by atoms with Crippen LogP contribution in [0.5, 0.6) is 0 Å². The molecule has 0 amide bonds. The van der Waals surface area contributed by atoms with E-state index in [1.165, 1.54) is 80.0 Å². The monoisotopic (exact) mass is 854 g/mol. The molecule has 0 N–H and O–H groups in total. The van der Waals surface area contributed by atoms with Gasteiger partial charge < -0.3 is 17.3 Å². The van der Waals surface area contributed by atoms with Crippen molar-refractivity contribution in [1.82, 2.24) is 0 Å². The Balaban J connectivity index is 0.000000381. The van der Waals surface area contributed by atoms with Gasteiger partial charge in [0.15, 0.2) is 0 Å². The summed E-state index contributed by atoms with van der Waals surface area (Å²) in [6, 6.07) is 54.4. The number of hydrogen-bond acceptors (Lipinski definition) is 0. The molecule has 0 unspecified atom stereocenters. The standard InChI is InChI=1S/C36H34P2Si.C8H12.BF4.Rh/c1-39(2,27-37(31-19-5-3-6-20-31)35-25-13-17-29-15-9-11-23-33(29)35)28-38(32-21-7-4-8-22-32)36-26-14-18-30-16-10-12-24-34(30)36;1-2-4-6-8-7-5-3-1;2-1(3,4)5;/h3-26H,27-28H2,1-2H3;1-2,7-8H,3-6H2;;/q;;-1;/b;2-1-,8-7-;;/t37-,38-;;;/m0.../s1. The Labute approximate surface area is 329 Å². The molecule has 6 aromatic rings. The Morgan fingerprint density at radius 3 is 1.11 bits per heavy atom. The quantitative estimate of drug-likeness (QED) is 0.0619. The van der Waals surface area contributed by atoms with E-state index in [1.54, 1.807) is 0 Å². The number of fused-ring (bicyclic) bond motifs is 2. The third-order valence-corrected chi connectivity index (χ3v) is 21.9. The van der Waals surface area contributed by atoms with Crippen molar-refractivity contribution in [3.63, 3.8) is 0 Å². The number of allylic oxidation sites excluding steroid dienone is 4. The Morgan fingerprint density at radius 1 is 0.453 bits per heavy atom. The molecule has 53 heavy (non-hydrogen) atoms. The van der Waals surface area contributed by atoms with Crippen LogP contribution < -0.4 is 21.2 Å². The zero-order valence-corrected chi connectivity index (χ0v) is 34.7. The fraction of sp³-hybridized carbons (Fsp3) is 0.182. The molecule has 2 atom stereocenters. The summed E-state index contributed by atoms with van der Waals surface area (Å²) in [7, 11) is -8.62. The normalized spacial score (nSPS) is 15.2. The van der Waals surface area contributed by atoms with Crippen LogP contribution in [0, 0.1) is 0 Å². The van der Waals surface area contributed by atoms with E-state index in [-0.39, 0.29) is 19.5 Å². The van der Waals surface area contributed by atoms with Gasteiger partial charge in [-0.1, -0.05) is 183 Å². The first kappa shape index (κ1) is 42.5. The first-order valence-corrected chi connectivity index (χ1v) is 24.3. The Morgan fingerprint density at radius 2 is 0.755 bits per heavy atom. The fourth-order valence-corrected chi connectivity index (χ4v) is 20.6. The van der Waals surface area contributed by atoms with Gasteiger partial charge in [0, 0.05) is 19.5 Å². The molecule has 0 nitrogen and oxygen atoms in total. The van der Waals surface area contributed by atoms with E-state index in [9.17, 15) is 17.3 Å². The van der Waals surface area contributed by atoms with Crippen molar-refractivity contribution in [3.8, 4) is 0 Å². The molecule has 7 rings (SSSR count). The van der Waals surface area contributed by atoms with Gasteiger partial charge in [0.1, 0.15) is 0 Å². The van der Waals surface area contributed by atoms with E-state index in [1.807, 2.05) is 0 Å². The second-order valence-corrected chi connectivity index (χ2v) is 24.2. The predicted molar refractivity (Wildman–Crippen MR) is 227 cm³/mol. The first-order valence-electron chi connectivity index (χ1n) is 17.9. The van der Waals surface area contributed by atoms with Gasteiger partial charge in [-0.05, 0) is 95.9 Å². The maximum absolute atomic E-state index is 9.75. The maximum Gasteiger partial charge on any atom is 0.673 e. The van der Waals surface area contributed by atoms with Gasteiger partial charge in [0.25, 0.3) is 0 Å². The van der Waals surface area contributed by atoms with Crippen LogP contribution in [0.25, 0.3) is 21.5 Å². The summed E-state index contributed by atoms with van der Waals surface area (Å²) in [4.78, 5) is 0. The van der Waals surface area contributed by atoms with Crippen molar-refractivity contribution in [3.05, 3.63) is 170 Å². The number of benzene rings is 6. The van der Waals surface area contributed by atoms with Gasteiger partial charge in [-0.3, -0.25) is 0 Å². The van der Waals surface area contributed by atoms with Crippen molar-refractivity contribution in [2.24, 2.45) is 0 Å². The van der Waals surface area contributed by atoms with E-state index in [0.717, 1.165) is 0 Å². The van der Waals surface area contributed by atoms with Gasteiger partial charge in [0.05, 0.1) is 8.07 Å². The molecule has 0 spiro atoms. The van der Waals surface area contributed by atoms with E-state index >= 15 is 0 Å². The van der Waals surface area contributed by atoms with E-state index in [0.29, 0.717) is 0 Å². The summed E-state index contributed by atoms with van der Waals surface area (Å²) in [5.74, 6) is 2.58. The Bertz CT molecular complexity index is 1890. The van der Waals surface area contributed by atoms with Gasteiger partial charge in [-0.25, -0.2) is 0 Å². The van der Waals surface area contributed by atoms with Crippen LogP contribution in [0.15, 0.2) is 170 Å². The van der Waals surface area contributed by atoms with Crippen LogP contribution in [0.3, 0.4) is 0 Å². The van der Waals surface area contributed by atoms with Gasteiger partial charge in [-0.2, -0.15) is 0 Å². The largest absolute Gasteiger partial charge is 0.673 e. The molecule has 0 aliphatic heterocycles. The minimum absolute atomic E-state index is 0. The van der Waals surface area contributed by atoms with Crippen LogP contribution in [-0.2, 0) is 19.5 Å². The second kappa shape index (κ2) is 21.0. The molecule has 0 saturated heterocycles. The average molecular weight is 855 g/mol. The Hall–Kier alpha value is -3.19. The molecule has 277 valence electrons. The van der Waals surface area contributed by atoms with Crippen LogP contribution >= 0.6 is 15.8 Å². The van der Waals surface area contributed by atoms with Gasteiger partial charge in [0.2, 0.25) is 0 Å². The van der Waals surface area contributed by atoms with Crippen molar-refractivity contribution < 1.29 is 36.7 Å². The summed E-state index contributed by atoms with van der Waals surface area (Å²) < 4.78 is 39.0. The number of hydrogen-bond donors (Lipinski definition) is 0. The predicted octanol–water partition coefficient (Wildman–Crippen LogP) is 12.3. The van der Waals surface area contributed by atoms with Gasteiger partial charge >= 0.3 is 7.25 Å². The molecule has 1 radical (unpaired) electrons. The number of rotatable bonds is 8. The van der Waals surface area contributed by atoms with E-state index in [2.05, 4.69) is 183 Å². The van der Waals surface area contributed by atoms with E-state index < -0.39 is 31.2 Å². The van der Waals surface area contributed by atoms with E-state index in [4.69, 9.17) is 0 Å². The molecule has 1 aliphatic rings. The summed E-state index contributed by atoms with van der Waals surface area (Å²) in [6.07, 6.45) is 14.0. The molecule has 9 heteroatoms. The van der Waals surface area contributed by atoms with Crippen LogP contribution in [0.4, 0.5) is 17.3 Å². The van der Waals surface area contributed by atoms with Crippen LogP contribution in [0.1, 0.15) is 25.7 Å². The fourth-order valence-electron chi connectivity index (χ4n) is 6.50. The van der Waals surface area contributed by atoms with Crippen LogP contribution in [-0.4, -0.2) is 26.9 Å². The average Bonchev–Trinajstić information content (AvgIpc) is 3.13. The number of halogens is 4.